The first-order valence-electron chi connectivity index (χ1n) is 7.76. The number of amides is 1. The summed E-state index contributed by atoms with van der Waals surface area (Å²) >= 11 is 0. The fourth-order valence-electron chi connectivity index (χ4n) is 3.37. The molecule has 1 amide bonds. The molecule has 0 aliphatic carbocycles. The molecule has 1 aliphatic heterocycles. The summed E-state index contributed by atoms with van der Waals surface area (Å²) in [6.07, 6.45) is 3.55. The Kier molecular flexibility index (Phi) is 3.26. The predicted molar refractivity (Wildman–Crippen MR) is 87.2 cm³/mol. The van der Waals surface area contributed by atoms with Gasteiger partial charge < -0.3 is 10.0 Å². The first-order chi connectivity index (χ1) is 11.3. The highest BCUT2D eigenvalue weighted by Gasteiger charge is 2.32. The molecule has 1 saturated heterocycles. The first kappa shape index (κ1) is 13.8. The number of hydrogen-bond donors (Lipinski definition) is 2. The van der Waals surface area contributed by atoms with E-state index in [1.165, 1.54) is 0 Å². The lowest BCUT2D eigenvalue weighted by atomic mass is 10.0. The van der Waals surface area contributed by atoms with Crippen LogP contribution in [0, 0.1) is 0 Å². The van der Waals surface area contributed by atoms with Crippen molar-refractivity contribution in [3.05, 3.63) is 59.9 Å². The standard InChI is InChI=1S/C18H17N3O2/c22-17-13-5-2-1-4-12(13)7-8-14(17)18(23)21-11-3-6-16(21)15-9-10-19-20-15/h1-2,4-5,7-10,16,22H,3,6,11H2,(H,19,20)/t16-/m0/s1. The first-order valence-corrected chi connectivity index (χ1v) is 7.76. The fraction of sp³-hybridized carbons (Fsp3) is 0.222. The molecule has 2 heterocycles. The Balaban J connectivity index is 1.73. The molecule has 0 saturated carbocycles. The van der Waals surface area contributed by atoms with Gasteiger partial charge in [-0.3, -0.25) is 9.89 Å². The zero-order chi connectivity index (χ0) is 15.8. The van der Waals surface area contributed by atoms with Crippen LogP contribution in [0.2, 0.25) is 0 Å². The van der Waals surface area contributed by atoms with Crippen LogP contribution in [0.25, 0.3) is 10.8 Å². The Bertz CT molecular complexity index is 858. The number of carbonyl (C=O) groups is 1. The summed E-state index contributed by atoms with van der Waals surface area (Å²) in [6, 6.07) is 13.0. The quantitative estimate of drug-likeness (QED) is 0.763. The largest absolute Gasteiger partial charge is 0.506 e. The Labute approximate surface area is 133 Å². The summed E-state index contributed by atoms with van der Waals surface area (Å²) in [6.45, 7) is 0.689. The number of aromatic hydroxyl groups is 1. The number of H-pyrrole nitrogens is 1. The van der Waals surface area contributed by atoms with Gasteiger partial charge in [0.05, 0.1) is 17.3 Å². The number of fused-ring (bicyclic) bond motifs is 1. The van der Waals surface area contributed by atoms with Gasteiger partial charge in [0.2, 0.25) is 0 Å². The van der Waals surface area contributed by atoms with Crippen LogP contribution in [-0.2, 0) is 0 Å². The number of likely N-dealkylation sites (tertiary alicyclic amines) is 1. The maximum atomic E-state index is 12.9. The molecule has 116 valence electrons. The second kappa shape index (κ2) is 5.43. The molecular formula is C18H17N3O2. The normalized spacial score (nSPS) is 17.7. The van der Waals surface area contributed by atoms with Gasteiger partial charge in [-0.05, 0) is 30.4 Å². The molecule has 3 aromatic rings. The van der Waals surface area contributed by atoms with Crippen molar-refractivity contribution in [2.24, 2.45) is 0 Å². The van der Waals surface area contributed by atoms with E-state index in [0.29, 0.717) is 17.5 Å². The molecule has 0 radical (unpaired) electrons. The monoisotopic (exact) mass is 307 g/mol. The topological polar surface area (TPSA) is 69.2 Å². The predicted octanol–water partition coefficient (Wildman–Crippen LogP) is 3.25. The molecule has 5 nitrogen and oxygen atoms in total. The summed E-state index contributed by atoms with van der Waals surface area (Å²) in [5.74, 6) is -0.0753. The molecule has 1 aromatic heterocycles. The van der Waals surface area contributed by atoms with Crippen molar-refractivity contribution in [1.29, 1.82) is 0 Å². The highest BCUT2D eigenvalue weighted by atomic mass is 16.3. The lowest BCUT2D eigenvalue weighted by Gasteiger charge is -2.24. The number of phenolic OH excluding ortho intramolecular Hbond substituents is 1. The number of phenols is 1. The number of benzene rings is 2. The van der Waals surface area contributed by atoms with E-state index in [1.54, 1.807) is 12.3 Å². The van der Waals surface area contributed by atoms with E-state index in [2.05, 4.69) is 10.2 Å². The van der Waals surface area contributed by atoms with Gasteiger partial charge in [-0.1, -0.05) is 30.3 Å². The molecule has 1 fully saturated rings. The minimum absolute atomic E-state index is 0.00382. The summed E-state index contributed by atoms with van der Waals surface area (Å²) < 4.78 is 0. The van der Waals surface area contributed by atoms with Crippen molar-refractivity contribution in [3.63, 3.8) is 0 Å². The second-order valence-corrected chi connectivity index (χ2v) is 5.85. The van der Waals surface area contributed by atoms with Gasteiger partial charge in [-0.15, -0.1) is 0 Å². The van der Waals surface area contributed by atoms with E-state index in [0.717, 1.165) is 23.9 Å². The van der Waals surface area contributed by atoms with Crippen molar-refractivity contribution < 1.29 is 9.90 Å². The third kappa shape index (κ3) is 2.25. The van der Waals surface area contributed by atoms with Crippen molar-refractivity contribution in [2.45, 2.75) is 18.9 Å². The third-order valence-electron chi connectivity index (χ3n) is 4.53. The number of hydrogen-bond acceptors (Lipinski definition) is 3. The average Bonchev–Trinajstić information content (AvgIpc) is 3.26. The zero-order valence-electron chi connectivity index (χ0n) is 12.6. The molecule has 2 N–H and O–H groups in total. The smallest absolute Gasteiger partial charge is 0.258 e. The summed E-state index contributed by atoms with van der Waals surface area (Å²) in [5, 5.41) is 19.1. The van der Waals surface area contributed by atoms with Crippen LogP contribution in [0.1, 0.15) is 34.9 Å². The molecule has 0 unspecified atom stereocenters. The van der Waals surface area contributed by atoms with E-state index in [4.69, 9.17) is 0 Å². The Morgan fingerprint density at radius 3 is 2.91 bits per heavy atom. The summed E-state index contributed by atoms with van der Waals surface area (Å²) in [5.41, 5.74) is 1.30. The van der Waals surface area contributed by atoms with Crippen molar-refractivity contribution in [2.75, 3.05) is 6.54 Å². The van der Waals surface area contributed by atoms with E-state index in [-0.39, 0.29) is 17.7 Å². The van der Waals surface area contributed by atoms with Crippen LogP contribution >= 0.6 is 0 Å². The summed E-state index contributed by atoms with van der Waals surface area (Å²) in [7, 11) is 0. The molecule has 23 heavy (non-hydrogen) atoms. The molecule has 2 aromatic carbocycles. The number of carbonyl (C=O) groups excluding carboxylic acids is 1. The number of aromatic amines is 1. The van der Waals surface area contributed by atoms with Gasteiger partial charge in [0.1, 0.15) is 5.75 Å². The number of aromatic nitrogens is 2. The highest BCUT2D eigenvalue weighted by molar-refractivity contribution is 6.03. The summed E-state index contributed by atoms with van der Waals surface area (Å²) in [4.78, 5) is 14.8. The minimum Gasteiger partial charge on any atom is -0.506 e. The number of rotatable bonds is 2. The van der Waals surface area contributed by atoms with Crippen LogP contribution in [0.3, 0.4) is 0 Å². The van der Waals surface area contributed by atoms with E-state index >= 15 is 0 Å². The zero-order valence-corrected chi connectivity index (χ0v) is 12.6. The fourth-order valence-corrected chi connectivity index (χ4v) is 3.37. The van der Waals surface area contributed by atoms with Crippen LogP contribution in [0.15, 0.2) is 48.7 Å². The lowest BCUT2D eigenvalue weighted by Crippen LogP contribution is -2.30. The van der Waals surface area contributed by atoms with Gasteiger partial charge in [0.25, 0.3) is 5.91 Å². The van der Waals surface area contributed by atoms with Crippen LogP contribution < -0.4 is 0 Å². The molecule has 0 spiro atoms. The van der Waals surface area contributed by atoms with E-state index < -0.39 is 0 Å². The number of nitrogens with one attached hydrogen (secondary N) is 1. The maximum absolute atomic E-state index is 12.9. The van der Waals surface area contributed by atoms with Crippen LogP contribution in [-0.4, -0.2) is 32.7 Å². The molecule has 1 atom stereocenters. The van der Waals surface area contributed by atoms with Gasteiger partial charge in [0, 0.05) is 18.1 Å². The van der Waals surface area contributed by atoms with Gasteiger partial charge in [-0.25, -0.2) is 0 Å². The SMILES string of the molecule is O=C(c1ccc2ccccc2c1O)N1CCC[C@H]1c1ccn[nH]1. The average molecular weight is 307 g/mol. The molecular weight excluding hydrogens is 290 g/mol. The van der Waals surface area contributed by atoms with Gasteiger partial charge >= 0.3 is 0 Å². The van der Waals surface area contributed by atoms with Gasteiger partial charge in [-0.2, -0.15) is 5.10 Å². The number of nitrogens with zero attached hydrogens (tertiary/aromatic N) is 2. The Hall–Kier alpha value is -2.82. The van der Waals surface area contributed by atoms with Gasteiger partial charge in [0.15, 0.2) is 0 Å². The van der Waals surface area contributed by atoms with E-state index in [1.807, 2.05) is 41.3 Å². The Morgan fingerprint density at radius 1 is 1.22 bits per heavy atom. The lowest BCUT2D eigenvalue weighted by molar-refractivity contribution is 0.0730. The Morgan fingerprint density at radius 2 is 2.09 bits per heavy atom. The molecule has 5 heteroatoms. The van der Waals surface area contributed by atoms with Crippen LogP contribution in [0.4, 0.5) is 0 Å². The van der Waals surface area contributed by atoms with Crippen LogP contribution in [0.5, 0.6) is 5.75 Å². The molecule has 1 aliphatic rings. The van der Waals surface area contributed by atoms with Crippen molar-refractivity contribution in [1.82, 2.24) is 15.1 Å². The highest BCUT2D eigenvalue weighted by Crippen LogP contribution is 2.35. The third-order valence-corrected chi connectivity index (χ3v) is 4.53. The minimum atomic E-state index is -0.134. The van der Waals surface area contributed by atoms with E-state index in [9.17, 15) is 9.90 Å². The second-order valence-electron chi connectivity index (χ2n) is 5.85. The molecule has 0 bridgehead atoms. The maximum Gasteiger partial charge on any atom is 0.258 e. The van der Waals surface area contributed by atoms with Crippen molar-refractivity contribution in [3.8, 4) is 5.75 Å². The molecule has 4 rings (SSSR count). The van der Waals surface area contributed by atoms with Crippen molar-refractivity contribution >= 4 is 16.7 Å².